The molecular formula is C14H15NO4. The van der Waals surface area contributed by atoms with E-state index in [9.17, 15) is 9.59 Å². The maximum atomic E-state index is 11.9. The Bertz CT molecular complexity index is 509. The molecule has 2 rings (SSSR count). The van der Waals surface area contributed by atoms with Gasteiger partial charge in [0.2, 0.25) is 0 Å². The van der Waals surface area contributed by atoms with Crippen molar-refractivity contribution in [3.8, 4) is 0 Å². The molecule has 1 heterocycles. The van der Waals surface area contributed by atoms with E-state index in [2.05, 4.69) is 0 Å². The van der Waals surface area contributed by atoms with Gasteiger partial charge in [-0.15, -0.1) is 0 Å². The van der Waals surface area contributed by atoms with Crippen molar-refractivity contribution in [2.75, 3.05) is 6.54 Å². The molecule has 0 bridgehead atoms. The van der Waals surface area contributed by atoms with E-state index >= 15 is 0 Å². The van der Waals surface area contributed by atoms with Crippen molar-refractivity contribution in [1.82, 2.24) is 4.90 Å². The number of nitrogens with zero attached hydrogens (tertiary/aromatic N) is 1. The number of carbonyl (C=O) groups excluding carboxylic acids is 1. The zero-order valence-electron chi connectivity index (χ0n) is 10.6. The molecule has 5 nitrogen and oxygen atoms in total. The van der Waals surface area contributed by atoms with Crippen molar-refractivity contribution in [3.05, 3.63) is 47.5 Å². The van der Waals surface area contributed by atoms with Gasteiger partial charge in [-0.3, -0.25) is 4.90 Å². The van der Waals surface area contributed by atoms with E-state index in [0.29, 0.717) is 0 Å². The molecule has 0 saturated carbocycles. The molecule has 0 radical (unpaired) electrons. The van der Waals surface area contributed by atoms with Gasteiger partial charge in [-0.2, -0.15) is 0 Å². The molecule has 1 aromatic rings. The quantitative estimate of drug-likeness (QED) is 0.904. The van der Waals surface area contributed by atoms with Gasteiger partial charge >= 0.3 is 12.1 Å². The summed E-state index contributed by atoms with van der Waals surface area (Å²) in [6, 6.07) is 8.89. The number of aliphatic carboxylic acids is 1. The van der Waals surface area contributed by atoms with Gasteiger partial charge in [-0.25, -0.2) is 9.59 Å². The third-order valence-corrected chi connectivity index (χ3v) is 3.11. The van der Waals surface area contributed by atoms with Crippen molar-refractivity contribution in [2.45, 2.75) is 19.6 Å². The minimum atomic E-state index is -0.995. The zero-order chi connectivity index (χ0) is 13.8. The Labute approximate surface area is 111 Å². The maximum Gasteiger partial charge on any atom is 0.410 e. The first-order valence-corrected chi connectivity index (χ1v) is 6.00. The second-order valence-electron chi connectivity index (χ2n) is 4.33. The highest BCUT2D eigenvalue weighted by molar-refractivity contribution is 5.90. The van der Waals surface area contributed by atoms with E-state index in [-0.39, 0.29) is 18.7 Å². The number of rotatable bonds is 3. The first kappa shape index (κ1) is 13.1. The van der Waals surface area contributed by atoms with Crippen molar-refractivity contribution in [3.63, 3.8) is 0 Å². The van der Waals surface area contributed by atoms with Crippen LogP contribution in [0.2, 0.25) is 0 Å². The Morgan fingerprint density at radius 1 is 1.37 bits per heavy atom. The van der Waals surface area contributed by atoms with Gasteiger partial charge in [0.25, 0.3) is 0 Å². The molecule has 1 aliphatic heterocycles. The lowest BCUT2D eigenvalue weighted by Gasteiger charge is -2.22. The average Bonchev–Trinajstić information content (AvgIpc) is 2.79. The molecule has 1 aromatic carbocycles. The molecule has 19 heavy (non-hydrogen) atoms. The Morgan fingerprint density at radius 3 is 2.63 bits per heavy atom. The van der Waals surface area contributed by atoms with E-state index in [0.717, 1.165) is 5.56 Å². The number of hydrogen-bond acceptors (Lipinski definition) is 3. The van der Waals surface area contributed by atoms with E-state index in [4.69, 9.17) is 9.84 Å². The fourth-order valence-electron chi connectivity index (χ4n) is 1.99. The maximum absolute atomic E-state index is 11.9. The predicted octanol–water partition coefficient (Wildman–Crippen LogP) is 2.04. The fraction of sp³-hybridized carbons (Fsp3) is 0.286. The summed E-state index contributed by atoms with van der Waals surface area (Å²) in [4.78, 5) is 24.2. The normalized spacial score (nSPS) is 18.1. The zero-order valence-corrected chi connectivity index (χ0v) is 10.6. The van der Waals surface area contributed by atoms with Crippen molar-refractivity contribution in [1.29, 1.82) is 0 Å². The molecule has 1 atom stereocenters. The highest BCUT2D eigenvalue weighted by Crippen LogP contribution is 2.19. The number of amides is 1. The molecule has 1 amide bonds. The monoisotopic (exact) mass is 261 g/mol. The Kier molecular flexibility index (Phi) is 3.85. The average molecular weight is 261 g/mol. The van der Waals surface area contributed by atoms with Crippen LogP contribution in [0, 0.1) is 0 Å². The first-order chi connectivity index (χ1) is 9.09. The van der Waals surface area contributed by atoms with Crippen LogP contribution in [0.1, 0.15) is 12.5 Å². The smallest absolute Gasteiger partial charge is 0.410 e. The topological polar surface area (TPSA) is 66.8 Å². The lowest BCUT2D eigenvalue weighted by molar-refractivity contribution is -0.133. The van der Waals surface area contributed by atoms with Crippen molar-refractivity contribution >= 4 is 12.1 Å². The van der Waals surface area contributed by atoms with Gasteiger partial charge in [0, 0.05) is 6.54 Å². The largest absolute Gasteiger partial charge is 0.478 e. The van der Waals surface area contributed by atoms with Gasteiger partial charge in [0.05, 0.1) is 11.6 Å². The molecule has 5 heteroatoms. The summed E-state index contributed by atoms with van der Waals surface area (Å²) in [6.45, 7) is 2.14. The number of carboxylic acid groups (broad SMARTS) is 1. The summed E-state index contributed by atoms with van der Waals surface area (Å²) < 4.78 is 5.17. The summed E-state index contributed by atoms with van der Waals surface area (Å²) in [5.74, 6) is -0.995. The Morgan fingerprint density at radius 2 is 2.05 bits per heavy atom. The lowest BCUT2D eigenvalue weighted by atomic mass is 10.1. The SMILES string of the molecule is CC1C(C(=O)O)=CCN1C(=O)OCc1ccccc1. The van der Waals surface area contributed by atoms with Crippen molar-refractivity contribution < 1.29 is 19.4 Å². The lowest BCUT2D eigenvalue weighted by Crippen LogP contribution is -2.37. The second kappa shape index (κ2) is 5.56. The number of hydrogen-bond donors (Lipinski definition) is 1. The van der Waals surface area contributed by atoms with Crippen LogP contribution in [-0.4, -0.2) is 34.7 Å². The second-order valence-corrected chi connectivity index (χ2v) is 4.33. The van der Waals surface area contributed by atoms with Crippen molar-refractivity contribution in [2.24, 2.45) is 0 Å². The van der Waals surface area contributed by atoms with Crippen LogP contribution in [0.15, 0.2) is 42.0 Å². The van der Waals surface area contributed by atoms with E-state index in [1.54, 1.807) is 6.92 Å². The summed E-state index contributed by atoms with van der Waals surface area (Å²) in [5.41, 5.74) is 1.13. The number of benzene rings is 1. The van der Waals surface area contributed by atoms with E-state index < -0.39 is 18.1 Å². The van der Waals surface area contributed by atoms with E-state index in [1.165, 1.54) is 11.0 Å². The molecular weight excluding hydrogens is 246 g/mol. The standard InChI is InChI=1S/C14H15NO4/c1-10-12(13(16)17)7-8-15(10)14(18)19-9-11-5-3-2-4-6-11/h2-7,10H,8-9H2,1H3,(H,16,17). The third kappa shape index (κ3) is 2.93. The van der Waals surface area contributed by atoms with E-state index in [1.807, 2.05) is 30.3 Å². The summed E-state index contributed by atoms with van der Waals surface area (Å²) in [6.07, 6.45) is 1.04. The van der Waals surface area contributed by atoms with Crippen LogP contribution in [0.3, 0.4) is 0 Å². The molecule has 1 N–H and O–H groups in total. The van der Waals surface area contributed by atoms with Crippen LogP contribution < -0.4 is 0 Å². The van der Waals surface area contributed by atoms with Crippen LogP contribution in [0.4, 0.5) is 4.79 Å². The van der Waals surface area contributed by atoms with Gasteiger partial charge in [0.15, 0.2) is 0 Å². The Hall–Kier alpha value is -2.30. The summed E-state index contributed by atoms with van der Waals surface area (Å²) >= 11 is 0. The minimum Gasteiger partial charge on any atom is -0.478 e. The van der Waals surface area contributed by atoms with Crippen LogP contribution in [-0.2, 0) is 16.1 Å². The number of carbonyl (C=O) groups is 2. The predicted molar refractivity (Wildman–Crippen MR) is 68.5 cm³/mol. The van der Waals surface area contributed by atoms with Crippen LogP contribution in [0.25, 0.3) is 0 Å². The highest BCUT2D eigenvalue weighted by atomic mass is 16.6. The van der Waals surface area contributed by atoms with Crippen LogP contribution in [0.5, 0.6) is 0 Å². The van der Waals surface area contributed by atoms with Gasteiger partial charge in [-0.1, -0.05) is 36.4 Å². The number of ether oxygens (including phenoxy) is 1. The van der Waals surface area contributed by atoms with Crippen LogP contribution >= 0.6 is 0 Å². The molecule has 0 aromatic heterocycles. The molecule has 0 aliphatic carbocycles. The fourth-order valence-corrected chi connectivity index (χ4v) is 1.99. The summed E-state index contributed by atoms with van der Waals surface area (Å²) in [5, 5.41) is 8.94. The Balaban J connectivity index is 1.90. The molecule has 1 aliphatic rings. The van der Waals surface area contributed by atoms with Gasteiger partial charge in [-0.05, 0) is 12.5 Å². The minimum absolute atomic E-state index is 0.186. The first-order valence-electron chi connectivity index (χ1n) is 6.00. The third-order valence-electron chi connectivity index (χ3n) is 3.11. The number of carboxylic acids is 1. The molecule has 0 saturated heterocycles. The molecule has 0 fully saturated rings. The summed E-state index contributed by atoms with van der Waals surface area (Å²) in [7, 11) is 0. The molecule has 100 valence electrons. The molecule has 1 unspecified atom stereocenters. The van der Waals surface area contributed by atoms with Gasteiger partial charge in [0.1, 0.15) is 6.61 Å². The highest BCUT2D eigenvalue weighted by Gasteiger charge is 2.31. The molecule has 0 spiro atoms. The van der Waals surface area contributed by atoms with Gasteiger partial charge < -0.3 is 9.84 Å².